The molecule has 166 valence electrons. The summed E-state index contributed by atoms with van der Waals surface area (Å²) < 4.78 is 31.1. The molecule has 0 aromatic heterocycles. The Bertz CT molecular complexity index is 1080. The van der Waals surface area contributed by atoms with Crippen LogP contribution in [0.1, 0.15) is 24.2 Å². The lowest BCUT2D eigenvalue weighted by atomic mass is 10.2. The van der Waals surface area contributed by atoms with Crippen LogP contribution in [-0.2, 0) is 19.6 Å². The number of rotatable bonds is 9. The van der Waals surface area contributed by atoms with Crippen molar-refractivity contribution >= 4 is 44.9 Å². The van der Waals surface area contributed by atoms with Crippen molar-refractivity contribution in [2.75, 3.05) is 25.0 Å². The van der Waals surface area contributed by atoms with Gasteiger partial charge in [-0.3, -0.25) is 14.9 Å². The number of anilines is 1. The number of nitro benzene ring substituents is 1. The first kappa shape index (κ1) is 24.3. The smallest absolute Gasteiger partial charge is 0.345 e. The average molecular weight is 470 g/mol. The van der Waals surface area contributed by atoms with Crippen LogP contribution in [0.15, 0.2) is 47.4 Å². The summed E-state index contributed by atoms with van der Waals surface area (Å²) in [6.45, 7) is 3.41. The number of carbonyl (C=O) groups is 2. The van der Waals surface area contributed by atoms with Crippen molar-refractivity contribution in [2.45, 2.75) is 18.7 Å². The standard InChI is InChI=1S/C19H20ClN3O7S/c1-3-22(4-2)31(28,29)15-8-6-14(7-9-15)21-18(24)12-30-19(25)16-11-13(20)5-10-17(16)23(26)27/h5-11H,3-4,12H2,1-2H3,(H,21,24). The Balaban J connectivity index is 2.02. The van der Waals surface area contributed by atoms with Crippen molar-refractivity contribution in [2.24, 2.45) is 0 Å². The SMILES string of the molecule is CCN(CC)S(=O)(=O)c1ccc(NC(=O)COC(=O)c2cc(Cl)ccc2[N+](=O)[O-])cc1. The van der Waals surface area contributed by atoms with Gasteiger partial charge in [-0.1, -0.05) is 25.4 Å². The summed E-state index contributed by atoms with van der Waals surface area (Å²) in [7, 11) is -3.63. The Labute approximate surface area is 184 Å². The van der Waals surface area contributed by atoms with E-state index in [1.165, 1.54) is 34.6 Å². The lowest BCUT2D eigenvalue weighted by Gasteiger charge is -2.18. The third-order valence-electron chi connectivity index (χ3n) is 4.19. The summed E-state index contributed by atoms with van der Waals surface area (Å²) in [5, 5.41) is 13.6. The van der Waals surface area contributed by atoms with E-state index in [9.17, 15) is 28.1 Å². The molecule has 0 saturated carbocycles. The van der Waals surface area contributed by atoms with Crippen LogP contribution in [0.25, 0.3) is 0 Å². The van der Waals surface area contributed by atoms with Gasteiger partial charge in [-0.2, -0.15) is 4.31 Å². The van der Waals surface area contributed by atoms with Crippen LogP contribution >= 0.6 is 11.6 Å². The molecule has 10 nitrogen and oxygen atoms in total. The summed E-state index contributed by atoms with van der Waals surface area (Å²) >= 11 is 5.76. The van der Waals surface area contributed by atoms with Gasteiger partial charge in [-0.15, -0.1) is 0 Å². The maximum absolute atomic E-state index is 12.5. The van der Waals surface area contributed by atoms with Crippen molar-refractivity contribution in [3.63, 3.8) is 0 Å². The van der Waals surface area contributed by atoms with Gasteiger partial charge >= 0.3 is 5.97 Å². The normalized spacial score (nSPS) is 11.2. The van der Waals surface area contributed by atoms with Crippen LogP contribution in [0, 0.1) is 10.1 Å². The zero-order valence-corrected chi connectivity index (χ0v) is 18.3. The first-order valence-corrected chi connectivity index (χ1v) is 10.9. The van der Waals surface area contributed by atoms with Crippen LogP contribution in [-0.4, -0.2) is 49.2 Å². The molecule has 2 aromatic carbocycles. The summed E-state index contributed by atoms with van der Waals surface area (Å²) in [6, 6.07) is 8.90. The number of carbonyl (C=O) groups excluding carboxylic acids is 2. The Morgan fingerprint density at radius 1 is 1.13 bits per heavy atom. The van der Waals surface area contributed by atoms with E-state index in [2.05, 4.69) is 5.32 Å². The number of nitrogens with one attached hydrogen (secondary N) is 1. The molecule has 0 fully saturated rings. The molecule has 0 aliphatic carbocycles. The van der Waals surface area contributed by atoms with Crippen molar-refractivity contribution in [3.8, 4) is 0 Å². The molecule has 0 atom stereocenters. The Kier molecular flexibility index (Phi) is 8.08. The lowest BCUT2D eigenvalue weighted by Crippen LogP contribution is -2.30. The second kappa shape index (κ2) is 10.3. The van der Waals surface area contributed by atoms with Gasteiger partial charge in [-0.05, 0) is 36.4 Å². The first-order chi connectivity index (χ1) is 14.6. The average Bonchev–Trinajstić information content (AvgIpc) is 2.72. The van der Waals surface area contributed by atoms with E-state index in [1.807, 2.05) is 0 Å². The molecule has 0 heterocycles. The minimum absolute atomic E-state index is 0.0777. The minimum Gasteiger partial charge on any atom is -0.452 e. The first-order valence-electron chi connectivity index (χ1n) is 9.11. The maximum Gasteiger partial charge on any atom is 0.345 e. The topological polar surface area (TPSA) is 136 Å². The molecular weight excluding hydrogens is 450 g/mol. The molecule has 0 radical (unpaired) electrons. The predicted octanol–water partition coefficient (Wildman–Crippen LogP) is 3.07. The third-order valence-corrected chi connectivity index (χ3v) is 6.49. The minimum atomic E-state index is -3.63. The van der Waals surface area contributed by atoms with Crippen LogP contribution < -0.4 is 5.32 Å². The molecule has 2 aromatic rings. The molecule has 0 saturated heterocycles. The molecule has 1 amide bonds. The largest absolute Gasteiger partial charge is 0.452 e. The molecule has 31 heavy (non-hydrogen) atoms. The molecule has 0 aliphatic heterocycles. The fourth-order valence-corrected chi connectivity index (χ4v) is 4.29. The number of hydrogen-bond acceptors (Lipinski definition) is 7. The van der Waals surface area contributed by atoms with E-state index < -0.39 is 39.1 Å². The van der Waals surface area contributed by atoms with Gasteiger partial charge in [-0.25, -0.2) is 13.2 Å². The van der Waals surface area contributed by atoms with Gasteiger partial charge in [0.1, 0.15) is 5.56 Å². The Hall–Kier alpha value is -3.02. The van der Waals surface area contributed by atoms with Crippen molar-refractivity contribution in [1.29, 1.82) is 0 Å². The van der Waals surface area contributed by atoms with Gasteiger partial charge in [0, 0.05) is 29.9 Å². The van der Waals surface area contributed by atoms with Gasteiger partial charge < -0.3 is 10.1 Å². The van der Waals surface area contributed by atoms with E-state index in [4.69, 9.17) is 16.3 Å². The molecule has 0 bridgehead atoms. The fourth-order valence-electron chi connectivity index (χ4n) is 2.66. The summed E-state index contributed by atoms with van der Waals surface area (Å²) in [4.78, 5) is 34.5. The van der Waals surface area contributed by atoms with Crippen molar-refractivity contribution in [1.82, 2.24) is 4.31 Å². The third kappa shape index (κ3) is 6.00. The molecule has 2 rings (SSSR count). The number of halogens is 1. The van der Waals surface area contributed by atoms with E-state index in [0.717, 1.165) is 12.1 Å². The molecular formula is C19H20ClN3O7S. The highest BCUT2D eigenvalue weighted by molar-refractivity contribution is 7.89. The summed E-state index contributed by atoms with van der Waals surface area (Å²) in [6.07, 6.45) is 0. The van der Waals surface area contributed by atoms with Gasteiger partial charge in [0.25, 0.3) is 11.6 Å². The van der Waals surface area contributed by atoms with Crippen molar-refractivity contribution < 1.29 is 27.7 Å². The van der Waals surface area contributed by atoms with Gasteiger partial charge in [0.2, 0.25) is 10.0 Å². The molecule has 0 aliphatic rings. The highest BCUT2D eigenvalue weighted by atomic mass is 35.5. The van der Waals surface area contributed by atoms with Crippen molar-refractivity contribution in [3.05, 3.63) is 63.2 Å². The molecule has 1 N–H and O–H groups in total. The number of benzene rings is 2. The second-order valence-electron chi connectivity index (χ2n) is 6.16. The lowest BCUT2D eigenvalue weighted by molar-refractivity contribution is -0.385. The van der Waals surface area contributed by atoms with Gasteiger partial charge in [0.05, 0.1) is 9.82 Å². The number of amides is 1. The number of esters is 1. The number of sulfonamides is 1. The zero-order chi connectivity index (χ0) is 23.2. The molecule has 0 spiro atoms. The summed E-state index contributed by atoms with van der Waals surface area (Å²) in [5.74, 6) is -1.79. The fraction of sp³-hybridized carbons (Fsp3) is 0.263. The van der Waals surface area contributed by atoms with E-state index in [1.54, 1.807) is 13.8 Å². The Morgan fingerprint density at radius 3 is 2.29 bits per heavy atom. The van der Waals surface area contributed by atoms with Crippen LogP contribution in [0.5, 0.6) is 0 Å². The summed E-state index contributed by atoms with van der Waals surface area (Å²) in [5.41, 5.74) is -0.593. The highest BCUT2D eigenvalue weighted by Gasteiger charge is 2.23. The van der Waals surface area contributed by atoms with E-state index >= 15 is 0 Å². The Morgan fingerprint density at radius 2 is 1.74 bits per heavy atom. The molecule has 0 unspecified atom stereocenters. The predicted molar refractivity (Wildman–Crippen MR) is 114 cm³/mol. The monoisotopic (exact) mass is 469 g/mol. The van der Waals surface area contributed by atoms with Gasteiger partial charge in [0.15, 0.2) is 6.61 Å². The number of hydrogen-bond donors (Lipinski definition) is 1. The maximum atomic E-state index is 12.5. The van der Waals surface area contributed by atoms with Crippen LogP contribution in [0.4, 0.5) is 11.4 Å². The second-order valence-corrected chi connectivity index (χ2v) is 8.53. The quantitative estimate of drug-likeness (QED) is 0.338. The highest BCUT2D eigenvalue weighted by Crippen LogP contribution is 2.23. The number of nitrogens with zero attached hydrogens (tertiary/aromatic N) is 2. The number of nitro groups is 1. The van der Waals surface area contributed by atoms with E-state index in [-0.39, 0.29) is 21.2 Å². The van der Waals surface area contributed by atoms with E-state index in [0.29, 0.717) is 13.1 Å². The van der Waals surface area contributed by atoms with Crippen LogP contribution in [0.2, 0.25) is 5.02 Å². The zero-order valence-electron chi connectivity index (χ0n) is 16.7. The molecule has 12 heteroatoms. The number of ether oxygens (including phenoxy) is 1. The van der Waals surface area contributed by atoms with Crippen LogP contribution in [0.3, 0.4) is 0 Å².